The number of esters is 1. The molecule has 1 saturated heterocycles. The van der Waals surface area contributed by atoms with Crippen LogP contribution in [0.2, 0.25) is 0 Å². The average Bonchev–Trinajstić information content (AvgIpc) is 3.26. The second-order valence-electron chi connectivity index (χ2n) is 13.4. The fraction of sp³-hybridized carbons (Fsp3) is 0.781. The Morgan fingerprint density at radius 3 is 2.57 bits per heavy atom. The number of nitrogens with zero attached hydrogens (tertiary/aromatic N) is 1. The molecule has 2 saturated carbocycles. The lowest BCUT2D eigenvalue weighted by Gasteiger charge is -2.53. The van der Waals surface area contributed by atoms with Crippen molar-refractivity contribution in [3.05, 3.63) is 29.3 Å². The second kappa shape index (κ2) is 13.6. The van der Waals surface area contributed by atoms with Gasteiger partial charge in [0.1, 0.15) is 5.75 Å². The van der Waals surface area contributed by atoms with Gasteiger partial charge in [0.2, 0.25) is 0 Å². The summed E-state index contributed by atoms with van der Waals surface area (Å²) < 4.78 is 87.5. The molecule has 7 atom stereocenters. The highest BCUT2D eigenvalue weighted by atomic mass is 32.2. The van der Waals surface area contributed by atoms with Gasteiger partial charge in [0.05, 0.1) is 25.9 Å². The van der Waals surface area contributed by atoms with Crippen LogP contribution < -0.4 is 4.74 Å². The number of fused-ring (bicyclic) bond motifs is 5. The largest absolute Gasteiger partial charge is 0.453 e. The third kappa shape index (κ3) is 7.33. The molecule has 1 unspecified atom stereocenters. The Hall–Kier alpha value is -1.63. The number of benzene rings is 1. The van der Waals surface area contributed by atoms with E-state index < -0.39 is 35.7 Å². The van der Waals surface area contributed by atoms with Crippen molar-refractivity contribution in [3.8, 4) is 5.75 Å². The maximum absolute atomic E-state index is 13.2. The highest BCUT2D eigenvalue weighted by molar-refractivity contribution is 7.84. The van der Waals surface area contributed by atoms with Crippen LogP contribution in [0.25, 0.3) is 0 Å². The van der Waals surface area contributed by atoms with Crippen LogP contribution in [-0.4, -0.2) is 82.7 Å². The van der Waals surface area contributed by atoms with E-state index in [1.807, 2.05) is 17.0 Å². The van der Waals surface area contributed by atoms with Gasteiger partial charge in [-0.25, -0.2) is 0 Å². The van der Waals surface area contributed by atoms with Crippen LogP contribution in [0.15, 0.2) is 18.2 Å². The van der Waals surface area contributed by atoms with Crippen molar-refractivity contribution in [2.45, 2.75) is 88.8 Å². The molecule has 248 valence electrons. The van der Waals surface area contributed by atoms with Crippen LogP contribution in [0.5, 0.6) is 5.75 Å². The Morgan fingerprint density at radius 2 is 1.84 bits per heavy atom. The van der Waals surface area contributed by atoms with Crippen LogP contribution in [0, 0.1) is 23.2 Å². The third-order valence-electron chi connectivity index (χ3n) is 10.7. The minimum Gasteiger partial charge on any atom is -0.426 e. The first-order chi connectivity index (χ1) is 20.8. The summed E-state index contributed by atoms with van der Waals surface area (Å²) in [6, 6.07) is 5.92. The molecule has 3 aliphatic carbocycles. The summed E-state index contributed by atoms with van der Waals surface area (Å²) in [7, 11) is -1.48. The Kier molecular flexibility index (Phi) is 10.4. The number of carbonyl (C=O) groups excluding carboxylic acids is 1. The molecule has 1 aromatic carbocycles. The van der Waals surface area contributed by atoms with Crippen LogP contribution in [0.4, 0.5) is 22.0 Å². The van der Waals surface area contributed by atoms with Gasteiger partial charge in [-0.15, -0.1) is 0 Å². The number of alkyl halides is 5. The van der Waals surface area contributed by atoms with Gasteiger partial charge < -0.3 is 14.6 Å². The smallest absolute Gasteiger partial charge is 0.426 e. The molecule has 1 heterocycles. The van der Waals surface area contributed by atoms with E-state index in [0.717, 1.165) is 44.1 Å². The molecule has 12 heteroatoms. The molecular formula is C32H44F5NO5S. The van der Waals surface area contributed by atoms with Gasteiger partial charge in [-0.2, -0.15) is 22.0 Å². The van der Waals surface area contributed by atoms with Crippen molar-refractivity contribution in [1.29, 1.82) is 0 Å². The maximum atomic E-state index is 13.2. The summed E-state index contributed by atoms with van der Waals surface area (Å²) in [6.45, 7) is 4.94. The van der Waals surface area contributed by atoms with E-state index >= 15 is 0 Å². The van der Waals surface area contributed by atoms with Crippen molar-refractivity contribution in [1.82, 2.24) is 4.90 Å². The van der Waals surface area contributed by atoms with E-state index in [1.54, 1.807) is 0 Å². The van der Waals surface area contributed by atoms with Crippen LogP contribution in [0.3, 0.4) is 0 Å². The quantitative estimate of drug-likeness (QED) is 0.184. The maximum Gasteiger partial charge on any atom is 0.453 e. The van der Waals surface area contributed by atoms with Crippen LogP contribution in [0.1, 0.15) is 75.3 Å². The Balaban J connectivity index is 1.24. The second-order valence-corrected chi connectivity index (χ2v) is 15.1. The van der Waals surface area contributed by atoms with E-state index in [1.165, 1.54) is 5.56 Å². The summed E-state index contributed by atoms with van der Waals surface area (Å²) in [4.78, 5) is 14.7. The lowest BCUT2D eigenvalue weighted by molar-refractivity contribution is -0.284. The van der Waals surface area contributed by atoms with Gasteiger partial charge in [0.25, 0.3) is 0 Å². The van der Waals surface area contributed by atoms with E-state index in [4.69, 9.17) is 9.47 Å². The van der Waals surface area contributed by atoms with Gasteiger partial charge in [-0.1, -0.05) is 13.0 Å². The van der Waals surface area contributed by atoms with Gasteiger partial charge in [0.15, 0.2) is 0 Å². The normalized spacial score (nSPS) is 31.6. The number of aliphatic hydroxyl groups excluding tert-OH is 1. The lowest BCUT2D eigenvalue weighted by Crippen LogP contribution is -2.47. The highest BCUT2D eigenvalue weighted by Crippen LogP contribution is 2.62. The molecule has 44 heavy (non-hydrogen) atoms. The van der Waals surface area contributed by atoms with Gasteiger partial charge in [-0.05, 0) is 104 Å². The zero-order valence-electron chi connectivity index (χ0n) is 25.3. The number of hydrogen-bond donors (Lipinski definition) is 1. The topological polar surface area (TPSA) is 76.1 Å². The number of aliphatic hydroxyl groups is 1. The fourth-order valence-corrected chi connectivity index (χ4v) is 9.55. The average molecular weight is 650 g/mol. The van der Waals surface area contributed by atoms with Gasteiger partial charge >= 0.3 is 18.1 Å². The summed E-state index contributed by atoms with van der Waals surface area (Å²) in [5, 5.41) is 10.9. The Bertz CT molecular complexity index is 1190. The van der Waals surface area contributed by atoms with Crippen molar-refractivity contribution in [2.75, 3.05) is 44.4 Å². The van der Waals surface area contributed by atoms with Crippen molar-refractivity contribution in [2.24, 2.45) is 23.2 Å². The number of halogens is 5. The van der Waals surface area contributed by atoms with Crippen LogP contribution in [-0.2, 0) is 26.8 Å². The SMILES string of the molecule is C[C@]12CC[C@@H]3c4ccc(OC(=O)CN5CCOCC5)cc4C[C@@H](CCCS(=O)CCCC(F)(F)C(F)(F)F)[C@H]3[C@@H]1CC[C@@H]2O. The molecule has 5 rings (SSSR count). The third-order valence-corrected chi connectivity index (χ3v) is 12.2. The number of rotatable bonds is 11. The Morgan fingerprint density at radius 1 is 1.11 bits per heavy atom. The minimum atomic E-state index is -5.59. The molecule has 4 aliphatic rings. The zero-order valence-corrected chi connectivity index (χ0v) is 26.1. The number of hydrogen-bond acceptors (Lipinski definition) is 6. The number of ether oxygens (including phenoxy) is 2. The van der Waals surface area contributed by atoms with Crippen molar-refractivity contribution in [3.63, 3.8) is 0 Å². The van der Waals surface area contributed by atoms with E-state index in [-0.39, 0.29) is 41.5 Å². The molecule has 0 radical (unpaired) electrons. The zero-order chi connectivity index (χ0) is 31.7. The van der Waals surface area contributed by atoms with Crippen molar-refractivity contribution >= 4 is 16.8 Å². The molecule has 1 N–H and O–H groups in total. The molecule has 0 amide bonds. The number of morpholine rings is 1. The molecule has 3 fully saturated rings. The highest BCUT2D eigenvalue weighted by Gasteiger charge is 2.57. The van der Waals surface area contributed by atoms with E-state index in [2.05, 4.69) is 13.0 Å². The summed E-state index contributed by atoms with van der Waals surface area (Å²) in [5.74, 6) is -3.32. The van der Waals surface area contributed by atoms with Crippen LogP contribution >= 0.6 is 0 Å². The molecule has 0 spiro atoms. The lowest BCUT2D eigenvalue weighted by atomic mass is 9.52. The summed E-state index contributed by atoms with van der Waals surface area (Å²) in [6.07, 6.45) is -2.09. The molecule has 0 aromatic heterocycles. The van der Waals surface area contributed by atoms with Gasteiger partial charge in [-0.3, -0.25) is 13.9 Å². The van der Waals surface area contributed by atoms with Crippen molar-refractivity contribution < 1.29 is 45.5 Å². The first-order valence-electron chi connectivity index (χ1n) is 15.9. The molecule has 6 nitrogen and oxygen atoms in total. The minimum absolute atomic E-state index is 0.154. The predicted molar refractivity (Wildman–Crippen MR) is 156 cm³/mol. The molecule has 1 aliphatic heterocycles. The Labute approximate surface area is 258 Å². The summed E-state index contributed by atoms with van der Waals surface area (Å²) >= 11 is 0. The predicted octanol–water partition coefficient (Wildman–Crippen LogP) is 5.87. The monoisotopic (exact) mass is 649 g/mol. The van der Waals surface area contributed by atoms with Gasteiger partial charge in [0, 0.05) is 41.8 Å². The fourth-order valence-electron chi connectivity index (χ4n) is 8.40. The number of carbonyl (C=O) groups is 1. The standard InChI is InChI=1S/C32H44F5NO5S/c1-30-11-9-25-24-6-5-23(43-28(40)20-38-12-14-42-15-13-38)19-22(24)18-21(29(25)26(30)7-8-27(30)39)4-2-16-44(41)17-3-10-31(33,34)32(35,36)37/h5-6,19,21,25-27,29,39H,2-4,7-18,20H2,1H3/t21-,25-,26+,27+,29-,30+,44?/m1/s1. The molecule has 0 bridgehead atoms. The molecule has 1 aromatic rings. The van der Waals surface area contributed by atoms with E-state index in [0.29, 0.717) is 56.2 Å². The summed E-state index contributed by atoms with van der Waals surface area (Å²) in [5.41, 5.74) is 2.24. The first kappa shape index (κ1) is 33.7. The van der Waals surface area contributed by atoms with E-state index in [9.17, 15) is 36.1 Å². The molecular weight excluding hydrogens is 605 g/mol. The first-order valence-corrected chi connectivity index (χ1v) is 17.4.